The number of amides is 1. The average molecular weight is 389 g/mol. The maximum Gasteiger partial charge on any atom is 0.238 e. The minimum absolute atomic E-state index is 0.0622. The van der Waals surface area contributed by atoms with Crippen molar-refractivity contribution in [2.75, 3.05) is 32.6 Å². The first-order valence-corrected chi connectivity index (χ1v) is 9.31. The fourth-order valence-electron chi connectivity index (χ4n) is 3.53. The number of aryl methyl sites for hydroxylation is 2. The Labute approximate surface area is 165 Å². The summed E-state index contributed by atoms with van der Waals surface area (Å²) < 4.78 is 10.8. The molecule has 0 radical (unpaired) electrons. The quantitative estimate of drug-likeness (QED) is 0.842. The van der Waals surface area contributed by atoms with Crippen LogP contribution in [0.5, 0.6) is 11.5 Å². The number of carbonyl (C=O) groups excluding carboxylic acids is 1. The van der Waals surface area contributed by atoms with E-state index < -0.39 is 0 Å². The molecule has 3 rings (SSSR count). The van der Waals surface area contributed by atoms with E-state index in [4.69, 9.17) is 21.1 Å². The van der Waals surface area contributed by atoms with Crippen molar-refractivity contribution in [2.45, 2.75) is 26.8 Å². The fraction of sp³-hybridized carbons (Fsp3) is 0.381. The minimum Gasteiger partial charge on any atom is -0.493 e. The zero-order valence-electron chi connectivity index (χ0n) is 16.2. The molecule has 0 bridgehead atoms. The van der Waals surface area contributed by atoms with Crippen LogP contribution in [0.25, 0.3) is 0 Å². The molecule has 0 saturated carbocycles. The predicted molar refractivity (Wildman–Crippen MR) is 108 cm³/mol. The lowest BCUT2D eigenvalue weighted by Crippen LogP contribution is -2.37. The zero-order valence-corrected chi connectivity index (χ0v) is 16.9. The predicted octanol–water partition coefficient (Wildman–Crippen LogP) is 3.97. The lowest BCUT2D eigenvalue weighted by molar-refractivity contribution is -0.117. The summed E-state index contributed by atoms with van der Waals surface area (Å²) in [4.78, 5) is 14.7. The van der Waals surface area contributed by atoms with Crippen LogP contribution in [0, 0.1) is 13.8 Å². The van der Waals surface area contributed by atoms with Gasteiger partial charge in [-0.15, -0.1) is 0 Å². The van der Waals surface area contributed by atoms with Crippen LogP contribution < -0.4 is 14.8 Å². The topological polar surface area (TPSA) is 50.8 Å². The van der Waals surface area contributed by atoms with Gasteiger partial charge in [0.25, 0.3) is 0 Å². The molecule has 1 N–H and O–H groups in total. The molecule has 6 heteroatoms. The molecule has 2 aromatic carbocycles. The standard InChI is InChI=1S/C21H25ClN2O3/c1-13-7-14(2)21(17(22)8-13)23-20(25)12-24-6-5-15-9-18(26-3)19(27-4)10-16(15)11-24/h7-10H,5-6,11-12H2,1-4H3,(H,23,25). The lowest BCUT2D eigenvalue weighted by Gasteiger charge is -2.29. The third kappa shape index (κ3) is 4.37. The Balaban J connectivity index is 1.69. The van der Waals surface area contributed by atoms with Crippen LogP contribution in [0.4, 0.5) is 5.69 Å². The molecule has 0 atom stereocenters. The van der Waals surface area contributed by atoms with Crippen LogP contribution >= 0.6 is 11.6 Å². The second-order valence-electron chi connectivity index (χ2n) is 6.92. The molecule has 0 aliphatic carbocycles. The first-order chi connectivity index (χ1) is 12.9. The van der Waals surface area contributed by atoms with E-state index in [1.807, 2.05) is 38.1 Å². The maximum atomic E-state index is 12.5. The van der Waals surface area contributed by atoms with Gasteiger partial charge in [0.1, 0.15) is 0 Å². The molecule has 144 valence electrons. The van der Waals surface area contributed by atoms with Crippen LogP contribution in [-0.4, -0.2) is 38.1 Å². The van der Waals surface area contributed by atoms with Crippen molar-refractivity contribution in [1.29, 1.82) is 0 Å². The molecule has 1 amide bonds. The lowest BCUT2D eigenvalue weighted by atomic mass is 9.99. The van der Waals surface area contributed by atoms with E-state index in [1.165, 1.54) is 5.56 Å². The molecule has 0 aromatic heterocycles. The Hall–Kier alpha value is -2.24. The smallest absolute Gasteiger partial charge is 0.238 e. The summed E-state index contributed by atoms with van der Waals surface area (Å²) in [5.41, 5.74) is 5.13. The normalized spacial score (nSPS) is 13.8. The molecule has 1 aliphatic rings. The van der Waals surface area contributed by atoms with Gasteiger partial charge in [-0.25, -0.2) is 0 Å². The van der Waals surface area contributed by atoms with Crippen LogP contribution in [0.3, 0.4) is 0 Å². The van der Waals surface area contributed by atoms with E-state index in [2.05, 4.69) is 10.2 Å². The number of hydrogen-bond donors (Lipinski definition) is 1. The van der Waals surface area contributed by atoms with Crippen molar-refractivity contribution < 1.29 is 14.3 Å². The highest BCUT2D eigenvalue weighted by atomic mass is 35.5. The van der Waals surface area contributed by atoms with Gasteiger partial charge in [-0.2, -0.15) is 0 Å². The molecule has 1 heterocycles. The van der Waals surface area contributed by atoms with Gasteiger partial charge < -0.3 is 14.8 Å². The van der Waals surface area contributed by atoms with Gasteiger partial charge >= 0.3 is 0 Å². The molecule has 5 nitrogen and oxygen atoms in total. The Bertz CT molecular complexity index is 844. The van der Waals surface area contributed by atoms with Crippen molar-refractivity contribution in [3.8, 4) is 11.5 Å². The van der Waals surface area contributed by atoms with Gasteiger partial charge in [0, 0.05) is 13.1 Å². The van der Waals surface area contributed by atoms with Crippen molar-refractivity contribution in [3.63, 3.8) is 0 Å². The zero-order chi connectivity index (χ0) is 19.6. The van der Waals surface area contributed by atoms with Crippen LogP contribution in [0.2, 0.25) is 5.02 Å². The molecule has 0 spiro atoms. The van der Waals surface area contributed by atoms with E-state index in [9.17, 15) is 4.79 Å². The number of halogens is 1. The number of nitrogens with one attached hydrogen (secondary N) is 1. The van der Waals surface area contributed by atoms with Gasteiger partial charge in [-0.3, -0.25) is 9.69 Å². The van der Waals surface area contributed by atoms with Crippen molar-refractivity contribution in [3.05, 3.63) is 51.5 Å². The van der Waals surface area contributed by atoms with Gasteiger partial charge in [0.05, 0.1) is 31.5 Å². The molecule has 27 heavy (non-hydrogen) atoms. The number of nitrogens with zero attached hydrogens (tertiary/aromatic N) is 1. The molecule has 2 aromatic rings. The molecular weight excluding hydrogens is 364 g/mol. The third-order valence-corrected chi connectivity index (χ3v) is 5.16. The highest BCUT2D eigenvalue weighted by Crippen LogP contribution is 2.33. The van der Waals surface area contributed by atoms with Gasteiger partial charge in [0.15, 0.2) is 11.5 Å². The number of hydrogen-bond acceptors (Lipinski definition) is 4. The van der Waals surface area contributed by atoms with E-state index >= 15 is 0 Å². The Kier molecular flexibility index (Phi) is 5.92. The van der Waals surface area contributed by atoms with Crippen molar-refractivity contribution in [2.24, 2.45) is 0 Å². The molecule has 0 fully saturated rings. The van der Waals surface area contributed by atoms with Crippen molar-refractivity contribution >= 4 is 23.2 Å². The summed E-state index contributed by atoms with van der Waals surface area (Å²) in [7, 11) is 3.27. The maximum absolute atomic E-state index is 12.5. The molecule has 1 aliphatic heterocycles. The van der Waals surface area contributed by atoms with E-state index in [-0.39, 0.29) is 5.91 Å². The summed E-state index contributed by atoms with van der Waals surface area (Å²) in [5, 5.41) is 3.53. The first kappa shape index (κ1) is 19.5. The Morgan fingerprint density at radius 3 is 2.41 bits per heavy atom. The van der Waals surface area contributed by atoms with Gasteiger partial charge in [-0.1, -0.05) is 17.7 Å². The fourth-order valence-corrected chi connectivity index (χ4v) is 3.90. The highest BCUT2D eigenvalue weighted by Gasteiger charge is 2.21. The number of carbonyl (C=O) groups is 1. The first-order valence-electron chi connectivity index (χ1n) is 8.94. The average Bonchev–Trinajstić information content (AvgIpc) is 2.63. The summed E-state index contributed by atoms with van der Waals surface area (Å²) in [5.74, 6) is 1.39. The van der Waals surface area contributed by atoms with Gasteiger partial charge in [-0.05, 0) is 60.7 Å². The number of fused-ring (bicyclic) bond motifs is 1. The second-order valence-corrected chi connectivity index (χ2v) is 7.33. The van der Waals surface area contributed by atoms with Crippen LogP contribution in [-0.2, 0) is 17.8 Å². The summed E-state index contributed by atoms with van der Waals surface area (Å²) >= 11 is 6.30. The summed E-state index contributed by atoms with van der Waals surface area (Å²) in [6, 6.07) is 7.90. The van der Waals surface area contributed by atoms with E-state index in [0.717, 1.165) is 35.4 Å². The van der Waals surface area contributed by atoms with Crippen LogP contribution in [0.15, 0.2) is 24.3 Å². The number of benzene rings is 2. The van der Waals surface area contributed by atoms with Crippen molar-refractivity contribution in [1.82, 2.24) is 4.90 Å². The second kappa shape index (κ2) is 8.19. The SMILES string of the molecule is COc1cc2c(cc1OC)CN(CC(=O)Nc1c(C)cc(C)cc1Cl)CC2. The molecule has 0 saturated heterocycles. The largest absolute Gasteiger partial charge is 0.493 e. The Morgan fingerprint density at radius 2 is 1.78 bits per heavy atom. The molecule has 0 unspecified atom stereocenters. The number of methoxy groups -OCH3 is 2. The van der Waals surface area contributed by atoms with Crippen LogP contribution in [0.1, 0.15) is 22.3 Å². The van der Waals surface area contributed by atoms with E-state index in [1.54, 1.807) is 14.2 Å². The molecular formula is C21H25ClN2O3. The highest BCUT2D eigenvalue weighted by molar-refractivity contribution is 6.34. The summed E-state index contributed by atoms with van der Waals surface area (Å²) in [6.07, 6.45) is 0.868. The number of anilines is 1. The number of ether oxygens (including phenoxy) is 2. The minimum atomic E-state index is -0.0622. The monoisotopic (exact) mass is 388 g/mol. The summed E-state index contributed by atoms with van der Waals surface area (Å²) in [6.45, 7) is 5.77. The third-order valence-electron chi connectivity index (χ3n) is 4.86. The Morgan fingerprint density at radius 1 is 1.11 bits per heavy atom. The number of rotatable bonds is 5. The van der Waals surface area contributed by atoms with Gasteiger partial charge in [0.2, 0.25) is 5.91 Å². The van der Waals surface area contributed by atoms with E-state index in [0.29, 0.717) is 29.5 Å².